The van der Waals surface area contributed by atoms with Crippen molar-refractivity contribution in [2.24, 2.45) is 23.7 Å². The van der Waals surface area contributed by atoms with Gasteiger partial charge in [0.1, 0.15) is 10.5 Å². The highest BCUT2D eigenvalue weighted by molar-refractivity contribution is 8.22. The molecule has 0 amide bonds. The largest absolute Gasteiger partial charge is 0.355 e. The number of thiocarbonyl (C=S) groups is 1. The maximum Gasteiger partial charge on any atom is 0.201 e. The number of ether oxygens (including phenoxy) is 2. The first-order chi connectivity index (χ1) is 18.9. The van der Waals surface area contributed by atoms with Crippen LogP contribution in [0.2, 0.25) is 0 Å². The Bertz CT molecular complexity index is 1240. The number of thioether (sulfide) groups is 1. The summed E-state index contributed by atoms with van der Waals surface area (Å²) in [5.41, 5.74) is 0.822. The minimum atomic E-state index is -0.726. The fourth-order valence-corrected chi connectivity index (χ4v) is 9.22. The molecule has 1 saturated carbocycles. The number of hydrogen-bond donors (Lipinski definition) is 0. The number of hydrogen-bond acceptors (Lipinski definition) is 7. The second kappa shape index (κ2) is 10.2. The van der Waals surface area contributed by atoms with Crippen molar-refractivity contribution >= 4 is 39.1 Å². The molecule has 8 atom stereocenters. The minimum Gasteiger partial charge on any atom is -0.355 e. The van der Waals surface area contributed by atoms with E-state index < -0.39 is 11.4 Å². The van der Waals surface area contributed by atoms with Gasteiger partial charge >= 0.3 is 0 Å². The standard InChI is InChI=1S/C31H40N2O4S2/c1-20-8-11-26-21(2)27(34-28-31(26)25(20)12-13-30(3,35-28)36-37-31)32-14-16-33(17-15-32)29(38)39-19-22-9-10-23-6-4-5-7-24(23)18-22/h4-7,9-10,18,20-21,25-28H,8,11-17,19H2,1-3H3/t20-,21-,25+,26+,27-,28-,30-,31-/m1/s1. The molecule has 0 unspecified atom stereocenters. The van der Waals surface area contributed by atoms with Crippen LogP contribution in [0.25, 0.3) is 10.8 Å². The molecule has 5 aliphatic heterocycles. The van der Waals surface area contributed by atoms with Gasteiger partial charge in [0.05, 0.1) is 0 Å². The maximum absolute atomic E-state index is 6.88. The monoisotopic (exact) mass is 568 g/mol. The number of fused-ring (bicyclic) bond motifs is 3. The number of rotatable bonds is 3. The van der Waals surface area contributed by atoms with Crippen molar-refractivity contribution in [3.63, 3.8) is 0 Å². The van der Waals surface area contributed by atoms with Crippen LogP contribution >= 0.6 is 24.0 Å². The van der Waals surface area contributed by atoms with Crippen molar-refractivity contribution in [2.75, 3.05) is 26.2 Å². The molecule has 0 aromatic heterocycles. The quantitative estimate of drug-likeness (QED) is 0.321. The van der Waals surface area contributed by atoms with Gasteiger partial charge in [0.2, 0.25) is 5.79 Å². The summed E-state index contributed by atoms with van der Waals surface area (Å²) in [4.78, 5) is 17.2. The van der Waals surface area contributed by atoms with E-state index >= 15 is 0 Å². The van der Waals surface area contributed by atoms with Crippen molar-refractivity contribution in [3.05, 3.63) is 48.0 Å². The molecule has 0 radical (unpaired) electrons. The Morgan fingerprint density at radius 1 is 0.974 bits per heavy atom. The third-order valence-corrected chi connectivity index (χ3v) is 11.8. The molecular formula is C31H40N2O4S2. The van der Waals surface area contributed by atoms with E-state index in [1.54, 1.807) is 11.8 Å². The lowest BCUT2D eigenvalue weighted by molar-refractivity contribution is -0.574. The zero-order valence-corrected chi connectivity index (χ0v) is 24.8. The third-order valence-electron chi connectivity index (χ3n) is 10.2. The first-order valence-electron chi connectivity index (χ1n) is 14.7. The molecule has 0 N–H and O–H groups in total. The smallest absolute Gasteiger partial charge is 0.201 e. The van der Waals surface area contributed by atoms with Gasteiger partial charge in [-0.1, -0.05) is 80.3 Å². The Balaban J connectivity index is 0.998. The number of piperazine rings is 1. The zero-order valence-electron chi connectivity index (χ0n) is 23.2. The van der Waals surface area contributed by atoms with E-state index in [4.69, 9.17) is 31.5 Å². The average Bonchev–Trinajstić information content (AvgIpc) is 3.19. The van der Waals surface area contributed by atoms with Crippen LogP contribution in [0.5, 0.6) is 0 Å². The molecule has 2 bridgehead atoms. The van der Waals surface area contributed by atoms with Crippen molar-refractivity contribution in [3.8, 4) is 0 Å². The zero-order chi connectivity index (χ0) is 26.8. The topological polar surface area (TPSA) is 43.4 Å². The molecule has 8 rings (SSSR count). The highest BCUT2D eigenvalue weighted by Crippen LogP contribution is 2.60. The first kappa shape index (κ1) is 26.6. The summed E-state index contributed by atoms with van der Waals surface area (Å²) < 4.78 is 14.4. The lowest BCUT2D eigenvalue weighted by atomic mass is 9.58. The second-order valence-electron chi connectivity index (χ2n) is 12.6. The summed E-state index contributed by atoms with van der Waals surface area (Å²) in [6.45, 7) is 10.4. The van der Waals surface area contributed by atoms with Gasteiger partial charge in [0, 0.05) is 50.2 Å². The van der Waals surface area contributed by atoms with Crippen LogP contribution in [0.15, 0.2) is 42.5 Å². The van der Waals surface area contributed by atoms with Gasteiger partial charge in [-0.15, -0.1) is 0 Å². The van der Waals surface area contributed by atoms with Gasteiger partial charge < -0.3 is 14.4 Å². The highest BCUT2D eigenvalue weighted by atomic mass is 32.2. The Kier molecular flexibility index (Phi) is 6.98. The first-order valence-corrected chi connectivity index (χ1v) is 16.1. The summed E-state index contributed by atoms with van der Waals surface area (Å²) >= 11 is 7.66. The van der Waals surface area contributed by atoms with E-state index in [2.05, 4.69) is 66.1 Å². The van der Waals surface area contributed by atoms with Gasteiger partial charge in [0.25, 0.3) is 0 Å². The summed E-state index contributed by atoms with van der Waals surface area (Å²) in [6, 6.07) is 15.2. The molecule has 1 aliphatic carbocycles. The predicted octanol–water partition coefficient (Wildman–Crippen LogP) is 6.18. The van der Waals surface area contributed by atoms with Gasteiger partial charge in [-0.3, -0.25) is 4.90 Å². The number of benzene rings is 2. The summed E-state index contributed by atoms with van der Waals surface area (Å²) in [5.74, 6) is 1.86. The average molecular weight is 569 g/mol. The normalized spacial score (nSPS) is 40.3. The Morgan fingerprint density at radius 2 is 1.77 bits per heavy atom. The molecule has 5 saturated heterocycles. The Labute approximate surface area is 241 Å². The maximum atomic E-state index is 6.88. The van der Waals surface area contributed by atoms with E-state index in [9.17, 15) is 0 Å². The Hall–Kier alpha value is -1.26. The molecule has 5 heterocycles. The summed E-state index contributed by atoms with van der Waals surface area (Å²) in [7, 11) is 0. The molecule has 2 aromatic carbocycles. The minimum absolute atomic E-state index is 0.0206. The van der Waals surface area contributed by atoms with Crippen molar-refractivity contribution < 1.29 is 19.2 Å². The van der Waals surface area contributed by atoms with Crippen LogP contribution < -0.4 is 0 Å². The summed E-state index contributed by atoms with van der Waals surface area (Å²) in [6.07, 6.45) is 3.92. The molecule has 6 fully saturated rings. The van der Waals surface area contributed by atoms with Crippen LogP contribution in [-0.2, 0) is 25.0 Å². The number of nitrogens with zero attached hydrogens (tertiary/aromatic N) is 2. The lowest BCUT2D eigenvalue weighted by Crippen LogP contribution is -2.72. The van der Waals surface area contributed by atoms with Crippen LogP contribution in [0, 0.1) is 23.7 Å². The van der Waals surface area contributed by atoms with E-state index in [1.165, 1.54) is 22.8 Å². The SMILES string of the molecule is C[C@H]1[C@H](N2CCN(C(=S)SCc3ccc4ccccc4c3)CC2)O[C@@H]2O[C@@]3(C)CC[C@H]4[C@H](C)CC[C@@H]1[C@@]24OO3. The van der Waals surface area contributed by atoms with Crippen LogP contribution in [0.3, 0.4) is 0 Å². The van der Waals surface area contributed by atoms with Crippen molar-refractivity contribution in [1.82, 2.24) is 9.80 Å². The van der Waals surface area contributed by atoms with E-state index in [0.29, 0.717) is 23.7 Å². The molecule has 6 nitrogen and oxygen atoms in total. The second-order valence-corrected chi connectivity index (χ2v) is 14.2. The fraction of sp³-hybridized carbons (Fsp3) is 0.645. The Morgan fingerprint density at radius 3 is 2.59 bits per heavy atom. The molecule has 39 heavy (non-hydrogen) atoms. The molecule has 210 valence electrons. The van der Waals surface area contributed by atoms with Gasteiger partial charge in [0.15, 0.2) is 11.9 Å². The molecule has 2 aromatic rings. The molecular weight excluding hydrogens is 528 g/mol. The van der Waals surface area contributed by atoms with Crippen molar-refractivity contribution in [2.45, 2.75) is 76.1 Å². The van der Waals surface area contributed by atoms with Crippen LogP contribution in [0.1, 0.15) is 52.0 Å². The van der Waals surface area contributed by atoms with Crippen molar-refractivity contribution in [1.29, 1.82) is 0 Å². The van der Waals surface area contributed by atoms with Gasteiger partial charge in [-0.2, -0.15) is 0 Å². The highest BCUT2D eigenvalue weighted by Gasteiger charge is 2.69. The van der Waals surface area contributed by atoms with E-state index in [-0.39, 0.29) is 12.5 Å². The van der Waals surface area contributed by atoms with Gasteiger partial charge in [-0.05, 0) is 54.4 Å². The molecule has 1 spiro atoms. The van der Waals surface area contributed by atoms with E-state index in [0.717, 1.165) is 55.5 Å². The predicted molar refractivity (Wildman–Crippen MR) is 158 cm³/mol. The van der Waals surface area contributed by atoms with Crippen LogP contribution in [-0.4, -0.2) is 64.2 Å². The molecule has 6 aliphatic rings. The van der Waals surface area contributed by atoms with Gasteiger partial charge in [-0.25, -0.2) is 9.78 Å². The summed E-state index contributed by atoms with van der Waals surface area (Å²) in [5, 5.41) is 2.57. The lowest BCUT2D eigenvalue weighted by Gasteiger charge is -2.61. The fourth-order valence-electron chi connectivity index (χ4n) is 8.03. The molecule has 8 heteroatoms. The van der Waals surface area contributed by atoms with Crippen LogP contribution in [0.4, 0.5) is 0 Å². The third kappa shape index (κ3) is 4.55. The van der Waals surface area contributed by atoms with E-state index in [1.807, 2.05) is 6.92 Å².